The van der Waals surface area contributed by atoms with E-state index in [9.17, 15) is 19.1 Å². The van der Waals surface area contributed by atoms with Crippen LogP contribution in [0.1, 0.15) is 29.8 Å². The number of aliphatic hydroxyl groups is 1. The number of aliphatic hydroxyl groups excluding tert-OH is 1. The molecule has 6 heteroatoms. The summed E-state index contributed by atoms with van der Waals surface area (Å²) in [5, 5.41) is 12.1. The van der Waals surface area contributed by atoms with Crippen LogP contribution in [0.15, 0.2) is 53.1 Å². The molecular formula is C18H16FNO3S. The van der Waals surface area contributed by atoms with Crippen LogP contribution in [0.4, 0.5) is 4.39 Å². The molecule has 4 nitrogen and oxygen atoms in total. The van der Waals surface area contributed by atoms with Gasteiger partial charge in [0.1, 0.15) is 5.82 Å². The minimum Gasteiger partial charge on any atom is -0.503 e. The molecule has 0 radical (unpaired) electrons. The lowest BCUT2D eigenvalue weighted by atomic mass is 9.94. The van der Waals surface area contributed by atoms with Crippen LogP contribution < -0.4 is 0 Å². The average molecular weight is 345 g/mol. The minimum absolute atomic E-state index is 0.0239. The largest absolute Gasteiger partial charge is 0.503 e. The van der Waals surface area contributed by atoms with Gasteiger partial charge in [-0.3, -0.25) is 9.59 Å². The third-order valence-electron chi connectivity index (χ3n) is 4.03. The molecule has 1 aromatic carbocycles. The van der Waals surface area contributed by atoms with Crippen molar-refractivity contribution < 1.29 is 19.1 Å². The molecule has 0 saturated heterocycles. The second-order valence-electron chi connectivity index (χ2n) is 5.48. The SMILES string of the molecule is CCC(=O)C1=C(O)C(=O)N(Cc2cccs2)C1c1ccccc1F. The van der Waals surface area contributed by atoms with E-state index in [2.05, 4.69) is 0 Å². The Labute approximate surface area is 142 Å². The summed E-state index contributed by atoms with van der Waals surface area (Å²) in [5.74, 6) is -2.09. The molecule has 1 aliphatic rings. The number of hydrogen-bond donors (Lipinski definition) is 1. The predicted octanol–water partition coefficient (Wildman–Crippen LogP) is 3.76. The van der Waals surface area contributed by atoms with Gasteiger partial charge in [0.05, 0.1) is 18.2 Å². The van der Waals surface area contributed by atoms with E-state index in [0.717, 1.165) is 4.88 Å². The van der Waals surface area contributed by atoms with Crippen molar-refractivity contribution in [1.82, 2.24) is 4.90 Å². The maximum atomic E-state index is 14.3. The topological polar surface area (TPSA) is 57.6 Å². The smallest absolute Gasteiger partial charge is 0.290 e. The zero-order chi connectivity index (χ0) is 17.3. The summed E-state index contributed by atoms with van der Waals surface area (Å²) in [6.45, 7) is 1.85. The molecule has 3 rings (SSSR count). The Morgan fingerprint density at radius 3 is 2.67 bits per heavy atom. The van der Waals surface area contributed by atoms with Crippen LogP contribution in [0, 0.1) is 5.82 Å². The van der Waals surface area contributed by atoms with Gasteiger partial charge in [-0.2, -0.15) is 0 Å². The van der Waals surface area contributed by atoms with E-state index >= 15 is 0 Å². The molecule has 1 N–H and O–H groups in total. The highest BCUT2D eigenvalue weighted by atomic mass is 32.1. The molecule has 1 aliphatic heterocycles. The first-order chi connectivity index (χ1) is 11.5. The van der Waals surface area contributed by atoms with Crippen LogP contribution in [0.2, 0.25) is 0 Å². The highest BCUT2D eigenvalue weighted by Gasteiger charge is 2.43. The number of rotatable bonds is 5. The molecule has 1 amide bonds. The van der Waals surface area contributed by atoms with Crippen LogP contribution in [-0.2, 0) is 16.1 Å². The van der Waals surface area contributed by atoms with Crippen molar-refractivity contribution in [3.05, 3.63) is 69.4 Å². The van der Waals surface area contributed by atoms with Crippen LogP contribution in [-0.4, -0.2) is 21.7 Å². The second-order valence-corrected chi connectivity index (χ2v) is 6.51. The number of thiophene rings is 1. The van der Waals surface area contributed by atoms with Gasteiger partial charge in [-0.15, -0.1) is 11.3 Å². The Kier molecular flexibility index (Phi) is 4.49. The number of amides is 1. The van der Waals surface area contributed by atoms with Crippen molar-refractivity contribution in [2.45, 2.75) is 25.9 Å². The molecule has 0 fully saturated rings. The lowest BCUT2D eigenvalue weighted by molar-refractivity contribution is -0.130. The van der Waals surface area contributed by atoms with Crippen molar-refractivity contribution in [1.29, 1.82) is 0 Å². The van der Waals surface area contributed by atoms with E-state index in [4.69, 9.17) is 0 Å². The van der Waals surface area contributed by atoms with Crippen molar-refractivity contribution >= 4 is 23.0 Å². The van der Waals surface area contributed by atoms with Crippen LogP contribution >= 0.6 is 11.3 Å². The lowest BCUT2D eigenvalue weighted by Gasteiger charge is -2.26. The van der Waals surface area contributed by atoms with E-state index < -0.39 is 23.5 Å². The van der Waals surface area contributed by atoms with Crippen molar-refractivity contribution in [3.63, 3.8) is 0 Å². The Bertz CT molecular complexity index is 813. The number of benzene rings is 1. The van der Waals surface area contributed by atoms with E-state index in [-0.39, 0.29) is 29.9 Å². The quantitative estimate of drug-likeness (QED) is 0.898. The monoisotopic (exact) mass is 345 g/mol. The Morgan fingerprint density at radius 1 is 1.29 bits per heavy atom. The number of Topliss-reactive ketones (excluding diaryl/α,β-unsaturated/α-hetero) is 1. The number of halogens is 1. The fourth-order valence-electron chi connectivity index (χ4n) is 2.88. The van der Waals surface area contributed by atoms with Gasteiger partial charge < -0.3 is 10.0 Å². The standard InChI is InChI=1S/C18H16FNO3S/c1-2-14(21)15-16(12-7-3-4-8-13(12)19)20(18(23)17(15)22)10-11-6-5-9-24-11/h3-9,16,22H,2,10H2,1H3. The van der Waals surface area contributed by atoms with Gasteiger partial charge in [0.2, 0.25) is 0 Å². The van der Waals surface area contributed by atoms with Gasteiger partial charge in [0.25, 0.3) is 5.91 Å². The Balaban J connectivity index is 2.10. The zero-order valence-corrected chi connectivity index (χ0v) is 13.8. The van der Waals surface area contributed by atoms with Gasteiger partial charge >= 0.3 is 0 Å². The summed E-state index contributed by atoms with van der Waals surface area (Å²) < 4.78 is 14.3. The number of carbonyl (C=O) groups excluding carboxylic acids is 2. The fourth-order valence-corrected chi connectivity index (χ4v) is 3.59. The lowest BCUT2D eigenvalue weighted by Crippen LogP contribution is -2.30. The molecule has 24 heavy (non-hydrogen) atoms. The van der Waals surface area contributed by atoms with Crippen molar-refractivity contribution in [2.75, 3.05) is 0 Å². The van der Waals surface area contributed by atoms with Crippen LogP contribution in [0.5, 0.6) is 0 Å². The van der Waals surface area contributed by atoms with E-state index in [1.54, 1.807) is 19.1 Å². The van der Waals surface area contributed by atoms with E-state index in [1.165, 1.54) is 28.4 Å². The zero-order valence-electron chi connectivity index (χ0n) is 13.0. The van der Waals surface area contributed by atoms with Crippen LogP contribution in [0.25, 0.3) is 0 Å². The summed E-state index contributed by atoms with van der Waals surface area (Å²) in [4.78, 5) is 27.0. The van der Waals surface area contributed by atoms with Crippen molar-refractivity contribution in [3.8, 4) is 0 Å². The normalized spacial score (nSPS) is 17.7. The summed E-state index contributed by atoms with van der Waals surface area (Å²) in [6.07, 6.45) is 0.129. The molecule has 0 saturated carbocycles. The van der Waals surface area contributed by atoms with E-state index in [0.29, 0.717) is 0 Å². The first-order valence-electron chi connectivity index (χ1n) is 7.58. The van der Waals surface area contributed by atoms with Gasteiger partial charge in [-0.05, 0) is 17.5 Å². The Morgan fingerprint density at radius 2 is 2.04 bits per heavy atom. The summed E-state index contributed by atoms with van der Waals surface area (Å²) in [6, 6.07) is 8.81. The third-order valence-corrected chi connectivity index (χ3v) is 4.89. The van der Waals surface area contributed by atoms with Crippen molar-refractivity contribution in [2.24, 2.45) is 0 Å². The molecule has 1 unspecified atom stereocenters. The first-order valence-corrected chi connectivity index (χ1v) is 8.46. The molecule has 2 heterocycles. The Hall–Kier alpha value is -2.47. The van der Waals surface area contributed by atoms with Gasteiger partial charge in [-0.25, -0.2) is 4.39 Å². The molecule has 2 aromatic rings. The molecule has 0 spiro atoms. The molecular weight excluding hydrogens is 329 g/mol. The molecule has 124 valence electrons. The highest BCUT2D eigenvalue weighted by molar-refractivity contribution is 7.09. The molecule has 1 atom stereocenters. The van der Waals surface area contributed by atoms with Gasteiger partial charge in [-0.1, -0.05) is 31.2 Å². The predicted molar refractivity (Wildman–Crippen MR) is 89.0 cm³/mol. The van der Waals surface area contributed by atoms with Crippen LogP contribution in [0.3, 0.4) is 0 Å². The molecule has 1 aromatic heterocycles. The maximum absolute atomic E-state index is 14.3. The molecule has 0 aliphatic carbocycles. The summed E-state index contributed by atoms with van der Waals surface area (Å²) in [5.41, 5.74) is 0.187. The number of carbonyl (C=O) groups is 2. The van der Waals surface area contributed by atoms with Gasteiger partial charge in [0.15, 0.2) is 11.5 Å². The highest BCUT2D eigenvalue weighted by Crippen LogP contribution is 2.40. The molecule has 0 bridgehead atoms. The number of hydrogen-bond acceptors (Lipinski definition) is 4. The number of nitrogens with zero attached hydrogens (tertiary/aromatic N) is 1. The first kappa shape index (κ1) is 16.4. The van der Waals surface area contributed by atoms with E-state index in [1.807, 2.05) is 17.5 Å². The summed E-state index contributed by atoms with van der Waals surface area (Å²) >= 11 is 1.46. The average Bonchev–Trinajstić information content (AvgIpc) is 3.17. The fraction of sp³-hybridized carbons (Fsp3) is 0.222. The second kappa shape index (κ2) is 6.57. The number of ketones is 1. The maximum Gasteiger partial charge on any atom is 0.290 e. The minimum atomic E-state index is -0.909. The van der Waals surface area contributed by atoms with Gasteiger partial charge in [0, 0.05) is 16.9 Å². The summed E-state index contributed by atoms with van der Waals surface area (Å²) in [7, 11) is 0. The third kappa shape index (κ3) is 2.73.